The number of halogens is 1. The minimum absolute atomic E-state index is 0.0428. The molecule has 1 fully saturated rings. The summed E-state index contributed by atoms with van der Waals surface area (Å²) < 4.78 is 2.75. The van der Waals surface area contributed by atoms with Gasteiger partial charge in [0.05, 0.1) is 5.52 Å². The number of aliphatic imine (C=N–C) groups is 1. The summed E-state index contributed by atoms with van der Waals surface area (Å²) in [5.41, 5.74) is 4.77. The van der Waals surface area contributed by atoms with Gasteiger partial charge in [-0.15, -0.1) is 0 Å². The number of nitrogens with zero attached hydrogens (tertiary/aromatic N) is 4. The molecule has 29 heavy (non-hydrogen) atoms. The Morgan fingerprint density at radius 1 is 1.17 bits per heavy atom. The third-order valence-corrected chi connectivity index (χ3v) is 6.04. The highest BCUT2D eigenvalue weighted by molar-refractivity contribution is 9.10. The summed E-state index contributed by atoms with van der Waals surface area (Å²) in [4.78, 5) is 25.6. The molecule has 0 aliphatic carbocycles. The molecule has 1 N–H and O–H groups in total. The molecule has 148 valence electrons. The van der Waals surface area contributed by atoms with Crippen LogP contribution >= 0.6 is 15.9 Å². The second-order valence-electron chi connectivity index (χ2n) is 7.40. The molecular formula is C21H20BrN5O2. The van der Waals surface area contributed by atoms with E-state index < -0.39 is 5.72 Å². The molecular weight excluding hydrogens is 434 g/mol. The van der Waals surface area contributed by atoms with E-state index in [1.165, 1.54) is 0 Å². The van der Waals surface area contributed by atoms with Gasteiger partial charge in [0.15, 0.2) is 17.3 Å². The van der Waals surface area contributed by atoms with Gasteiger partial charge in [0.2, 0.25) is 0 Å². The first-order chi connectivity index (χ1) is 14.0. The average molecular weight is 454 g/mol. The highest BCUT2D eigenvalue weighted by atomic mass is 79.9. The highest BCUT2D eigenvalue weighted by Crippen LogP contribution is 2.32. The normalized spacial score (nSPS) is 18.1. The van der Waals surface area contributed by atoms with E-state index in [4.69, 9.17) is 9.83 Å². The van der Waals surface area contributed by atoms with Gasteiger partial charge in [-0.25, -0.2) is 15.3 Å². The molecule has 8 heteroatoms. The number of para-hydroxylation sites is 1. The molecule has 7 nitrogen and oxygen atoms in total. The second-order valence-corrected chi connectivity index (χ2v) is 8.32. The monoisotopic (exact) mass is 453 g/mol. The number of nitrogens with one attached hydrogen (secondary N) is 1. The number of fused-ring (bicyclic) bond motifs is 1. The van der Waals surface area contributed by atoms with Crippen molar-refractivity contribution in [3.8, 4) is 0 Å². The van der Waals surface area contributed by atoms with E-state index >= 15 is 0 Å². The maximum atomic E-state index is 13.1. The first-order valence-electron chi connectivity index (χ1n) is 9.55. The Morgan fingerprint density at radius 3 is 2.76 bits per heavy atom. The summed E-state index contributed by atoms with van der Waals surface area (Å²) in [5, 5.41) is 5.35. The van der Waals surface area contributed by atoms with Gasteiger partial charge < -0.3 is 4.90 Å². The van der Waals surface area contributed by atoms with Crippen LogP contribution in [0.3, 0.4) is 0 Å². The van der Waals surface area contributed by atoms with Crippen molar-refractivity contribution in [1.29, 1.82) is 0 Å². The molecule has 0 bridgehead atoms. The van der Waals surface area contributed by atoms with E-state index in [9.17, 15) is 4.79 Å². The fourth-order valence-electron chi connectivity index (χ4n) is 3.95. The molecule has 1 saturated heterocycles. The number of aromatic nitrogens is 2. The Kier molecular flexibility index (Phi) is 4.40. The molecule has 3 heterocycles. The van der Waals surface area contributed by atoms with Gasteiger partial charge in [-0.3, -0.25) is 9.48 Å². The number of benzene rings is 2. The molecule has 0 saturated carbocycles. The van der Waals surface area contributed by atoms with E-state index in [0.717, 1.165) is 26.8 Å². The summed E-state index contributed by atoms with van der Waals surface area (Å²) in [6, 6.07) is 15.7. The van der Waals surface area contributed by atoms with Crippen molar-refractivity contribution in [2.45, 2.75) is 18.6 Å². The second kappa shape index (κ2) is 6.96. The van der Waals surface area contributed by atoms with Crippen LogP contribution < -0.4 is 5.48 Å². The Balaban J connectivity index is 1.33. The Morgan fingerprint density at radius 2 is 1.97 bits per heavy atom. The van der Waals surface area contributed by atoms with Gasteiger partial charge in [0.1, 0.15) is 0 Å². The van der Waals surface area contributed by atoms with Gasteiger partial charge in [-0.2, -0.15) is 5.10 Å². The van der Waals surface area contributed by atoms with Crippen molar-refractivity contribution < 1.29 is 9.63 Å². The van der Waals surface area contributed by atoms with Crippen LogP contribution in [0.4, 0.5) is 0 Å². The third-order valence-electron chi connectivity index (χ3n) is 5.54. The number of amides is 1. The number of piperidine rings is 1. The summed E-state index contributed by atoms with van der Waals surface area (Å²) in [5.74, 6) is 0.681. The lowest BCUT2D eigenvalue weighted by molar-refractivity contribution is -0.0849. The summed E-state index contributed by atoms with van der Waals surface area (Å²) >= 11 is 3.49. The molecule has 1 aromatic heterocycles. The lowest BCUT2D eigenvalue weighted by Gasteiger charge is -2.35. The van der Waals surface area contributed by atoms with E-state index in [0.29, 0.717) is 31.6 Å². The van der Waals surface area contributed by atoms with Crippen molar-refractivity contribution in [3.05, 3.63) is 64.3 Å². The zero-order valence-corrected chi connectivity index (χ0v) is 17.5. The number of aryl methyl sites for hydroxylation is 1. The van der Waals surface area contributed by atoms with Crippen LogP contribution in [0.5, 0.6) is 0 Å². The van der Waals surface area contributed by atoms with Crippen LogP contribution in [0, 0.1) is 0 Å². The maximum Gasteiger partial charge on any atom is 0.275 e. The molecule has 1 amide bonds. The largest absolute Gasteiger partial charge is 0.337 e. The quantitative estimate of drug-likeness (QED) is 0.646. The third kappa shape index (κ3) is 3.22. The molecule has 0 unspecified atom stereocenters. The van der Waals surface area contributed by atoms with E-state index in [1.807, 2.05) is 60.5 Å². The molecule has 3 aromatic rings. The standard InChI is InChI=1S/C21H20BrN5O2/c1-26-17-8-3-2-7-16(17)18(24-26)20(28)27-11-9-21(10-12-27)23-19(25-29-21)14-5-4-6-15(22)13-14/h2-8,13H,9-12H2,1H3,(H,23,25). The van der Waals surface area contributed by atoms with Crippen molar-refractivity contribution >= 4 is 38.6 Å². The number of carbonyl (C=O) groups is 1. The van der Waals surface area contributed by atoms with Crippen molar-refractivity contribution in [2.24, 2.45) is 12.0 Å². The SMILES string of the molecule is Cn1nc(C(=O)N2CCC3(CC2)N=C(c2cccc(Br)c2)NO3)c2ccccc21. The molecule has 0 radical (unpaired) electrons. The number of rotatable bonds is 2. The Hall–Kier alpha value is -2.71. The number of carbonyl (C=O) groups excluding carboxylic acids is 1. The molecule has 2 aliphatic heterocycles. The summed E-state index contributed by atoms with van der Waals surface area (Å²) in [6.45, 7) is 1.14. The molecule has 1 spiro atoms. The van der Waals surface area contributed by atoms with Crippen molar-refractivity contribution in [2.75, 3.05) is 13.1 Å². The van der Waals surface area contributed by atoms with Crippen LogP contribution in [-0.2, 0) is 11.9 Å². The number of amidine groups is 1. The molecule has 0 atom stereocenters. The Labute approximate surface area is 176 Å². The van der Waals surface area contributed by atoms with Gasteiger partial charge in [0, 0.05) is 48.4 Å². The first-order valence-corrected chi connectivity index (χ1v) is 10.3. The van der Waals surface area contributed by atoms with Gasteiger partial charge >= 0.3 is 0 Å². The number of hydrogen-bond donors (Lipinski definition) is 1. The maximum absolute atomic E-state index is 13.1. The lowest BCUT2D eigenvalue weighted by Crippen LogP contribution is -2.46. The highest BCUT2D eigenvalue weighted by Gasteiger charge is 2.42. The minimum atomic E-state index is -0.624. The summed E-state index contributed by atoms with van der Waals surface area (Å²) in [7, 11) is 1.86. The first kappa shape index (κ1) is 18.3. The van der Waals surface area contributed by atoms with Gasteiger partial charge in [-0.05, 0) is 18.2 Å². The number of likely N-dealkylation sites (tertiary alicyclic amines) is 1. The van der Waals surface area contributed by atoms with Gasteiger partial charge in [0.25, 0.3) is 5.91 Å². The number of hydrogen-bond acceptors (Lipinski definition) is 5. The predicted molar refractivity (Wildman–Crippen MR) is 113 cm³/mol. The topological polar surface area (TPSA) is 71.8 Å². The average Bonchev–Trinajstić information content (AvgIpc) is 3.30. The summed E-state index contributed by atoms with van der Waals surface area (Å²) in [6.07, 6.45) is 1.27. The zero-order chi connectivity index (χ0) is 20.0. The van der Waals surface area contributed by atoms with Crippen LogP contribution in [0.1, 0.15) is 28.9 Å². The fraction of sp³-hybridized carbons (Fsp3) is 0.286. The fourth-order valence-corrected chi connectivity index (χ4v) is 4.35. The van der Waals surface area contributed by atoms with Gasteiger partial charge in [-0.1, -0.05) is 46.3 Å². The smallest absolute Gasteiger partial charge is 0.275 e. The van der Waals surface area contributed by atoms with E-state index in [2.05, 4.69) is 26.5 Å². The van der Waals surface area contributed by atoms with Crippen LogP contribution in [0.25, 0.3) is 10.9 Å². The molecule has 2 aliphatic rings. The van der Waals surface area contributed by atoms with Crippen LogP contribution in [0.15, 0.2) is 58.0 Å². The van der Waals surface area contributed by atoms with E-state index in [1.54, 1.807) is 4.68 Å². The zero-order valence-electron chi connectivity index (χ0n) is 15.9. The number of hydroxylamine groups is 1. The van der Waals surface area contributed by atoms with Crippen molar-refractivity contribution in [3.63, 3.8) is 0 Å². The Bertz CT molecular complexity index is 1130. The minimum Gasteiger partial charge on any atom is -0.337 e. The van der Waals surface area contributed by atoms with Crippen LogP contribution in [-0.4, -0.2) is 45.2 Å². The predicted octanol–water partition coefficient (Wildman–Crippen LogP) is 3.25. The van der Waals surface area contributed by atoms with Crippen LogP contribution in [0.2, 0.25) is 0 Å². The molecule has 2 aromatic carbocycles. The lowest BCUT2D eigenvalue weighted by atomic mass is 10.0. The van der Waals surface area contributed by atoms with E-state index in [-0.39, 0.29) is 5.91 Å². The van der Waals surface area contributed by atoms with Crippen molar-refractivity contribution in [1.82, 2.24) is 20.2 Å². The molecule has 5 rings (SSSR count).